The average molecular weight is 395 g/mol. The highest BCUT2D eigenvalue weighted by Gasteiger charge is 2.32. The molecule has 0 spiro atoms. The first-order valence-corrected chi connectivity index (χ1v) is 8.49. The lowest BCUT2D eigenvalue weighted by atomic mass is 10.2. The van der Waals surface area contributed by atoms with Crippen LogP contribution in [0.1, 0.15) is 0 Å². The van der Waals surface area contributed by atoms with Crippen LogP contribution >= 0.6 is 39.3 Å². The predicted molar refractivity (Wildman–Crippen MR) is 85.1 cm³/mol. The van der Waals surface area contributed by atoms with Crippen LogP contribution in [-0.2, 0) is 9.59 Å². The van der Waals surface area contributed by atoms with Gasteiger partial charge in [-0.05, 0) is 34.1 Å². The van der Waals surface area contributed by atoms with E-state index >= 15 is 0 Å². The zero-order valence-electron chi connectivity index (χ0n) is 10.9. The fraction of sp³-hybridized carbons (Fsp3) is 0.385. The molecule has 1 fully saturated rings. The number of carbonyl (C=O) groups excluding carboxylic acids is 1. The quantitative estimate of drug-likeness (QED) is 0.850. The van der Waals surface area contributed by atoms with E-state index in [1.165, 1.54) is 16.7 Å². The first kappa shape index (κ1) is 16.5. The Kier molecular flexibility index (Phi) is 5.78. The van der Waals surface area contributed by atoms with E-state index in [1.807, 2.05) is 0 Å². The third kappa shape index (κ3) is 4.28. The van der Waals surface area contributed by atoms with Crippen molar-refractivity contribution in [1.82, 2.24) is 4.90 Å². The summed E-state index contributed by atoms with van der Waals surface area (Å²) in [5.41, 5.74) is 0. The molecule has 8 heteroatoms. The third-order valence-corrected chi connectivity index (χ3v) is 4.86. The lowest BCUT2D eigenvalue weighted by Crippen LogP contribution is -2.51. The summed E-state index contributed by atoms with van der Waals surface area (Å²) in [7, 11) is 0. The molecular formula is C13H13BrClNO4S. The lowest BCUT2D eigenvalue weighted by Gasteiger charge is -2.32. The maximum atomic E-state index is 12.2. The Morgan fingerprint density at radius 1 is 1.52 bits per heavy atom. The number of benzene rings is 1. The van der Waals surface area contributed by atoms with Gasteiger partial charge in [0.25, 0.3) is 5.91 Å². The van der Waals surface area contributed by atoms with Crippen LogP contribution in [0.4, 0.5) is 0 Å². The minimum Gasteiger partial charge on any atom is -0.483 e. The van der Waals surface area contributed by atoms with Crippen molar-refractivity contribution in [2.75, 3.05) is 24.7 Å². The third-order valence-electron chi connectivity index (χ3n) is 2.98. The van der Waals surface area contributed by atoms with Gasteiger partial charge in [-0.1, -0.05) is 11.6 Å². The van der Waals surface area contributed by atoms with Gasteiger partial charge in [0, 0.05) is 23.1 Å². The highest BCUT2D eigenvalue weighted by Crippen LogP contribution is 2.28. The van der Waals surface area contributed by atoms with Crippen LogP contribution in [0.15, 0.2) is 22.7 Å². The van der Waals surface area contributed by atoms with Crippen molar-refractivity contribution in [1.29, 1.82) is 0 Å². The summed E-state index contributed by atoms with van der Waals surface area (Å²) >= 11 is 10.7. The molecule has 2 rings (SSSR count). The normalized spacial score (nSPS) is 18.4. The predicted octanol–water partition coefficient (Wildman–Crippen LogP) is 2.51. The van der Waals surface area contributed by atoms with Crippen LogP contribution in [0.3, 0.4) is 0 Å². The van der Waals surface area contributed by atoms with Gasteiger partial charge in [0.1, 0.15) is 11.8 Å². The van der Waals surface area contributed by atoms with Crippen molar-refractivity contribution in [3.63, 3.8) is 0 Å². The van der Waals surface area contributed by atoms with Crippen molar-refractivity contribution in [2.24, 2.45) is 0 Å². The fourth-order valence-electron chi connectivity index (χ4n) is 1.92. The molecule has 1 aromatic carbocycles. The molecule has 5 nitrogen and oxygen atoms in total. The maximum Gasteiger partial charge on any atom is 0.327 e. The highest BCUT2D eigenvalue weighted by atomic mass is 79.9. The molecule has 0 saturated carbocycles. The second-order valence-electron chi connectivity index (χ2n) is 4.38. The Labute approximate surface area is 139 Å². The number of thioether (sulfide) groups is 1. The molecule has 1 aromatic rings. The van der Waals surface area contributed by atoms with Crippen LogP contribution < -0.4 is 4.74 Å². The van der Waals surface area contributed by atoms with Crippen molar-refractivity contribution in [2.45, 2.75) is 6.04 Å². The molecule has 0 aliphatic carbocycles. The van der Waals surface area contributed by atoms with Crippen LogP contribution in [0.2, 0.25) is 5.02 Å². The molecule has 0 radical (unpaired) electrons. The molecule has 1 aliphatic rings. The number of halogens is 2. The monoisotopic (exact) mass is 393 g/mol. The molecule has 21 heavy (non-hydrogen) atoms. The summed E-state index contributed by atoms with van der Waals surface area (Å²) in [6.45, 7) is 0.223. The van der Waals surface area contributed by atoms with Gasteiger partial charge >= 0.3 is 5.97 Å². The Hall–Kier alpha value is -0.920. The summed E-state index contributed by atoms with van der Waals surface area (Å²) in [6.07, 6.45) is 0. The van der Waals surface area contributed by atoms with Gasteiger partial charge in [0.2, 0.25) is 0 Å². The van der Waals surface area contributed by atoms with Crippen molar-refractivity contribution >= 4 is 51.2 Å². The van der Waals surface area contributed by atoms with Crippen LogP contribution in [-0.4, -0.2) is 52.6 Å². The first-order valence-electron chi connectivity index (χ1n) is 6.17. The number of rotatable bonds is 4. The van der Waals surface area contributed by atoms with Crippen molar-refractivity contribution in [3.05, 3.63) is 27.7 Å². The van der Waals surface area contributed by atoms with Gasteiger partial charge < -0.3 is 14.7 Å². The molecular weight excluding hydrogens is 382 g/mol. The summed E-state index contributed by atoms with van der Waals surface area (Å²) in [6, 6.07) is 4.19. The maximum absolute atomic E-state index is 12.2. The van der Waals surface area contributed by atoms with E-state index in [1.54, 1.807) is 18.2 Å². The number of carboxylic acids is 1. The number of nitrogens with zero attached hydrogens (tertiary/aromatic N) is 1. The Balaban J connectivity index is 1.98. The molecule has 1 heterocycles. The Morgan fingerprint density at radius 2 is 2.29 bits per heavy atom. The average Bonchev–Trinajstić information content (AvgIpc) is 2.46. The van der Waals surface area contributed by atoms with E-state index in [0.29, 0.717) is 27.5 Å². The molecule has 1 saturated heterocycles. The molecule has 0 aromatic heterocycles. The van der Waals surface area contributed by atoms with E-state index in [9.17, 15) is 9.59 Å². The second-order valence-corrected chi connectivity index (χ2v) is 6.82. The molecule has 1 amide bonds. The SMILES string of the molecule is O=C(O)C1CSCCN1C(=O)COc1ccc(Cl)cc1Br. The number of carboxylic acid groups (broad SMARTS) is 1. The van der Waals surface area contributed by atoms with Gasteiger partial charge in [-0.25, -0.2) is 4.79 Å². The highest BCUT2D eigenvalue weighted by molar-refractivity contribution is 9.10. The van der Waals surface area contributed by atoms with Gasteiger partial charge in [-0.2, -0.15) is 11.8 Å². The van der Waals surface area contributed by atoms with Gasteiger partial charge in [0.15, 0.2) is 6.61 Å². The summed E-state index contributed by atoms with van der Waals surface area (Å²) in [4.78, 5) is 24.7. The lowest BCUT2D eigenvalue weighted by molar-refractivity contribution is -0.150. The molecule has 114 valence electrons. The van der Waals surface area contributed by atoms with Crippen LogP contribution in [0.5, 0.6) is 5.75 Å². The number of hydrogen-bond donors (Lipinski definition) is 1. The molecule has 1 aliphatic heterocycles. The molecule has 0 bridgehead atoms. The zero-order valence-corrected chi connectivity index (χ0v) is 14.1. The second kappa shape index (κ2) is 7.38. The summed E-state index contributed by atoms with van der Waals surface area (Å²) in [5, 5.41) is 9.70. The van der Waals surface area contributed by atoms with E-state index < -0.39 is 12.0 Å². The van der Waals surface area contributed by atoms with Crippen molar-refractivity contribution < 1.29 is 19.4 Å². The minimum atomic E-state index is -0.983. The van der Waals surface area contributed by atoms with E-state index in [0.717, 1.165) is 5.75 Å². The Bertz CT molecular complexity index is 557. The largest absolute Gasteiger partial charge is 0.483 e. The standard InChI is InChI=1S/C13H13BrClNO4S/c14-9-5-8(15)1-2-11(9)20-6-12(17)16-3-4-21-7-10(16)13(18)19/h1-2,5,10H,3-4,6-7H2,(H,18,19). The zero-order chi connectivity index (χ0) is 15.4. The number of aliphatic carboxylic acids is 1. The topological polar surface area (TPSA) is 66.8 Å². The summed E-state index contributed by atoms with van der Waals surface area (Å²) < 4.78 is 6.08. The number of amides is 1. The number of hydrogen-bond acceptors (Lipinski definition) is 4. The smallest absolute Gasteiger partial charge is 0.327 e. The van der Waals surface area contributed by atoms with E-state index in [-0.39, 0.29) is 12.5 Å². The van der Waals surface area contributed by atoms with Gasteiger partial charge in [-0.15, -0.1) is 0 Å². The molecule has 1 atom stereocenters. The molecule has 1 N–H and O–H groups in total. The van der Waals surface area contributed by atoms with Crippen LogP contribution in [0.25, 0.3) is 0 Å². The van der Waals surface area contributed by atoms with Crippen molar-refractivity contribution in [3.8, 4) is 5.75 Å². The first-order chi connectivity index (χ1) is 9.99. The van der Waals surface area contributed by atoms with Gasteiger partial charge in [-0.3, -0.25) is 4.79 Å². The van der Waals surface area contributed by atoms with E-state index in [2.05, 4.69) is 15.9 Å². The van der Waals surface area contributed by atoms with Crippen LogP contribution in [0, 0.1) is 0 Å². The van der Waals surface area contributed by atoms with E-state index in [4.69, 9.17) is 21.4 Å². The molecule has 1 unspecified atom stereocenters. The Morgan fingerprint density at radius 3 is 2.95 bits per heavy atom. The summed E-state index contributed by atoms with van der Waals surface area (Å²) in [5.74, 6) is 0.324. The minimum absolute atomic E-state index is 0.200. The van der Waals surface area contributed by atoms with Gasteiger partial charge in [0.05, 0.1) is 4.47 Å². The fourth-order valence-corrected chi connectivity index (χ4v) is 3.76. The number of ether oxygens (including phenoxy) is 1. The number of carbonyl (C=O) groups is 2.